The maximum absolute atomic E-state index is 3.44. The van der Waals surface area contributed by atoms with Crippen molar-refractivity contribution in [3.63, 3.8) is 0 Å². The lowest BCUT2D eigenvalue weighted by Crippen LogP contribution is -2.08. The Balaban J connectivity index is 2.43. The quantitative estimate of drug-likeness (QED) is 0.594. The van der Waals surface area contributed by atoms with Crippen LogP contribution in [0.15, 0.2) is 18.2 Å². The number of benzene rings is 1. The Hall–Kier alpha value is -0.980. The molecule has 0 aliphatic carbocycles. The lowest BCUT2D eigenvalue weighted by molar-refractivity contribution is 0.839. The minimum atomic E-state index is 0.617. The Morgan fingerprint density at radius 2 is 2.27 bits per heavy atom. The van der Waals surface area contributed by atoms with Crippen LogP contribution in [-0.4, -0.2) is 6.04 Å². The van der Waals surface area contributed by atoms with Crippen molar-refractivity contribution in [1.82, 2.24) is 0 Å². The molecule has 0 saturated carbocycles. The average molecular weight is 147 g/mol. The highest BCUT2D eigenvalue weighted by Gasteiger charge is 2.15. The van der Waals surface area contributed by atoms with Crippen molar-refractivity contribution >= 4 is 5.69 Å². The molecule has 0 radical (unpaired) electrons. The van der Waals surface area contributed by atoms with Crippen molar-refractivity contribution in [2.24, 2.45) is 0 Å². The van der Waals surface area contributed by atoms with Crippen molar-refractivity contribution in [2.45, 2.75) is 26.3 Å². The summed E-state index contributed by atoms with van der Waals surface area (Å²) in [6, 6.07) is 7.24. The fourth-order valence-corrected chi connectivity index (χ4v) is 1.65. The fourth-order valence-electron chi connectivity index (χ4n) is 1.65. The van der Waals surface area contributed by atoms with Crippen LogP contribution in [0.2, 0.25) is 0 Å². The lowest BCUT2D eigenvalue weighted by atomic mass is 10.1. The third kappa shape index (κ3) is 1.11. The fraction of sp³-hybridized carbons (Fsp3) is 0.400. The summed E-state index contributed by atoms with van der Waals surface area (Å²) in [5, 5.41) is 3.44. The Morgan fingerprint density at radius 3 is 3.09 bits per heavy atom. The molecule has 1 aliphatic rings. The van der Waals surface area contributed by atoms with Crippen LogP contribution in [0.3, 0.4) is 0 Å². The number of hydrogen-bond donors (Lipinski definition) is 1. The molecular formula is C10H13N. The van der Waals surface area contributed by atoms with Gasteiger partial charge in [0, 0.05) is 11.7 Å². The molecular weight excluding hydrogens is 134 g/mol. The maximum Gasteiger partial charge on any atom is 0.0378 e. The first kappa shape index (κ1) is 6.71. The van der Waals surface area contributed by atoms with Crippen molar-refractivity contribution in [1.29, 1.82) is 0 Å². The molecule has 0 fully saturated rings. The van der Waals surface area contributed by atoms with Gasteiger partial charge < -0.3 is 5.32 Å². The minimum absolute atomic E-state index is 0.617. The zero-order chi connectivity index (χ0) is 7.84. The molecule has 1 nitrogen and oxygen atoms in total. The summed E-state index contributed by atoms with van der Waals surface area (Å²) in [5.41, 5.74) is 4.13. The number of nitrogens with one attached hydrogen (secondary N) is 1. The Morgan fingerprint density at radius 1 is 1.45 bits per heavy atom. The topological polar surface area (TPSA) is 12.0 Å². The van der Waals surface area contributed by atoms with Crippen LogP contribution in [0, 0.1) is 6.92 Å². The smallest absolute Gasteiger partial charge is 0.0378 e. The van der Waals surface area contributed by atoms with Gasteiger partial charge in [0.05, 0.1) is 0 Å². The SMILES string of the molecule is Cc1ccc2c(c1)N[C@H](C)C2. The van der Waals surface area contributed by atoms with Gasteiger partial charge in [0.25, 0.3) is 0 Å². The molecule has 1 aromatic rings. The summed E-state index contributed by atoms with van der Waals surface area (Å²) < 4.78 is 0. The third-order valence-corrected chi connectivity index (χ3v) is 2.19. The van der Waals surface area contributed by atoms with E-state index in [1.54, 1.807) is 0 Å². The van der Waals surface area contributed by atoms with Gasteiger partial charge in [0.2, 0.25) is 0 Å². The number of anilines is 1. The van der Waals surface area contributed by atoms with E-state index in [1.807, 2.05) is 0 Å². The highest BCUT2D eigenvalue weighted by Crippen LogP contribution is 2.26. The van der Waals surface area contributed by atoms with E-state index < -0.39 is 0 Å². The van der Waals surface area contributed by atoms with Crippen LogP contribution in [0.25, 0.3) is 0 Å². The molecule has 1 N–H and O–H groups in total. The molecule has 1 aromatic carbocycles. The molecule has 0 aromatic heterocycles. The number of hydrogen-bond acceptors (Lipinski definition) is 1. The Kier molecular flexibility index (Phi) is 1.38. The van der Waals surface area contributed by atoms with Gasteiger partial charge in [-0.15, -0.1) is 0 Å². The normalized spacial score (nSPS) is 21.1. The molecule has 58 valence electrons. The van der Waals surface area contributed by atoms with Gasteiger partial charge in [0.1, 0.15) is 0 Å². The summed E-state index contributed by atoms with van der Waals surface area (Å²) in [5.74, 6) is 0. The van der Waals surface area contributed by atoms with Crippen LogP contribution in [0.5, 0.6) is 0 Å². The Bertz CT molecular complexity index is 278. The zero-order valence-corrected chi connectivity index (χ0v) is 7.02. The van der Waals surface area contributed by atoms with Crippen molar-refractivity contribution in [3.05, 3.63) is 29.3 Å². The van der Waals surface area contributed by atoms with Crippen molar-refractivity contribution in [2.75, 3.05) is 5.32 Å². The molecule has 1 atom stereocenters. The van der Waals surface area contributed by atoms with E-state index in [0.29, 0.717) is 6.04 Å². The van der Waals surface area contributed by atoms with E-state index in [-0.39, 0.29) is 0 Å². The molecule has 2 rings (SSSR count). The second kappa shape index (κ2) is 2.26. The Labute approximate surface area is 67.4 Å². The van der Waals surface area contributed by atoms with E-state index in [4.69, 9.17) is 0 Å². The number of rotatable bonds is 0. The molecule has 0 amide bonds. The van der Waals surface area contributed by atoms with E-state index in [9.17, 15) is 0 Å². The van der Waals surface area contributed by atoms with Gasteiger partial charge in [-0.2, -0.15) is 0 Å². The molecule has 1 aliphatic heterocycles. The predicted octanol–water partition coefficient (Wildman–Crippen LogP) is 2.35. The van der Waals surface area contributed by atoms with Crippen LogP contribution < -0.4 is 5.32 Å². The maximum atomic E-state index is 3.44. The summed E-state index contributed by atoms with van der Waals surface area (Å²) >= 11 is 0. The molecule has 1 heteroatoms. The van der Waals surface area contributed by atoms with Gasteiger partial charge in [0.15, 0.2) is 0 Å². The van der Waals surface area contributed by atoms with Crippen LogP contribution >= 0.6 is 0 Å². The first-order valence-corrected chi connectivity index (χ1v) is 4.12. The summed E-state index contributed by atoms with van der Waals surface area (Å²) in [6.07, 6.45) is 1.18. The van der Waals surface area contributed by atoms with Crippen LogP contribution in [0.4, 0.5) is 5.69 Å². The second-order valence-corrected chi connectivity index (χ2v) is 3.41. The zero-order valence-electron chi connectivity index (χ0n) is 7.02. The second-order valence-electron chi connectivity index (χ2n) is 3.41. The molecule has 1 heterocycles. The first-order valence-electron chi connectivity index (χ1n) is 4.12. The molecule has 0 saturated heterocycles. The molecule has 0 spiro atoms. The van der Waals surface area contributed by atoms with E-state index in [2.05, 4.69) is 37.4 Å². The van der Waals surface area contributed by atoms with Gasteiger partial charge in [-0.1, -0.05) is 12.1 Å². The predicted molar refractivity (Wildman–Crippen MR) is 48.0 cm³/mol. The lowest BCUT2D eigenvalue weighted by Gasteiger charge is -2.02. The average Bonchev–Trinajstić information content (AvgIpc) is 2.27. The van der Waals surface area contributed by atoms with Crippen LogP contribution in [0.1, 0.15) is 18.1 Å². The summed E-state index contributed by atoms with van der Waals surface area (Å²) in [7, 11) is 0. The largest absolute Gasteiger partial charge is 0.382 e. The first-order chi connectivity index (χ1) is 5.25. The summed E-state index contributed by atoms with van der Waals surface area (Å²) in [6.45, 7) is 4.35. The standard InChI is InChI=1S/C10H13N/c1-7-3-4-9-6-8(2)11-10(9)5-7/h3-5,8,11H,6H2,1-2H3/t8-/m1/s1. The van der Waals surface area contributed by atoms with Crippen molar-refractivity contribution < 1.29 is 0 Å². The molecule has 0 unspecified atom stereocenters. The molecule has 0 bridgehead atoms. The van der Waals surface area contributed by atoms with Gasteiger partial charge in [-0.25, -0.2) is 0 Å². The van der Waals surface area contributed by atoms with E-state index in [0.717, 1.165) is 0 Å². The minimum Gasteiger partial charge on any atom is -0.382 e. The number of fused-ring (bicyclic) bond motifs is 1. The van der Waals surface area contributed by atoms with Crippen molar-refractivity contribution in [3.8, 4) is 0 Å². The monoisotopic (exact) mass is 147 g/mol. The number of aryl methyl sites for hydroxylation is 1. The van der Waals surface area contributed by atoms with Gasteiger partial charge in [-0.3, -0.25) is 0 Å². The molecule has 11 heavy (non-hydrogen) atoms. The third-order valence-electron chi connectivity index (χ3n) is 2.19. The highest BCUT2D eigenvalue weighted by molar-refractivity contribution is 5.57. The van der Waals surface area contributed by atoms with Crippen LogP contribution in [-0.2, 0) is 6.42 Å². The van der Waals surface area contributed by atoms with E-state index in [1.165, 1.54) is 23.2 Å². The van der Waals surface area contributed by atoms with Gasteiger partial charge >= 0.3 is 0 Å². The summed E-state index contributed by atoms with van der Waals surface area (Å²) in [4.78, 5) is 0. The highest BCUT2D eigenvalue weighted by atomic mass is 14.9. The van der Waals surface area contributed by atoms with E-state index >= 15 is 0 Å². The van der Waals surface area contributed by atoms with Gasteiger partial charge in [-0.05, 0) is 37.5 Å².